The minimum Gasteiger partial charge on any atom is -0.382 e. The highest BCUT2D eigenvalue weighted by Gasteiger charge is 2.09. The van der Waals surface area contributed by atoms with Gasteiger partial charge in [-0.1, -0.05) is 47.6 Å². The highest BCUT2D eigenvalue weighted by molar-refractivity contribution is 6.45. The molecule has 3 N–H and O–H groups in total. The Morgan fingerprint density at radius 2 is 1.77 bits per heavy atom. The first kappa shape index (κ1) is 19.1. The van der Waals surface area contributed by atoms with Crippen LogP contribution in [0.15, 0.2) is 11.2 Å². The Morgan fingerprint density at radius 1 is 1.09 bits per heavy atom. The second-order valence-corrected chi connectivity index (χ2v) is 5.80. The van der Waals surface area contributed by atoms with Crippen molar-refractivity contribution in [3.8, 4) is 0 Å². The number of guanidine groups is 1. The molecule has 0 bridgehead atoms. The van der Waals surface area contributed by atoms with Gasteiger partial charge in [-0.3, -0.25) is 4.99 Å². The van der Waals surface area contributed by atoms with Gasteiger partial charge in [-0.15, -0.1) is 0 Å². The van der Waals surface area contributed by atoms with Crippen LogP contribution in [0, 0.1) is 0 Å². The fourth-order valence-corrected chi connectivity index (χ4v) is 2.50. The van der Waals surface area contributed by atoms with Gasteiger partial charge in [0.1, 0.15) is 10.2 Å². The fourth-order valence-electron chi connectivity index (χ4n) is 1.88. The Morgan fingerprint density at radius 3 is 2.45 bits per heavy atom. The maximum atomic E-state index is 6.07. The number of anilines is 1. The minimum atomic E-state index is 0.260. The molecule has 0 fully saturated rings. The zero-order chi connectivity index (χ0) is 16.4. The van der Waals surface area contributed by atoms with E-state index in [4.69, 9.17) is 34.8 Å². The van der Waals surface area contributed by atoms with Crippen molar-refractivity contribution in [2.75, 3.05) is 32.5 Å². The zero-order valence-corrected chi connectivity index (χ0v) is 15.1. The van der Waals surface area contributed by atoms with E-state index in [2.05, 4.69) is 25.9 Å². The molecule has 0 atom stereocenters. The molecule has 8 heteroatoms. The number of unbranched alkanes of at least 4 members (excludes halogenated alkanes) is 3. The van der Waals surface area contributed by atoms with Crippen molar-refractivity contribution in [2.45, 2.75) is 25.7 Å². The first-order chi connectivity index (χ1) is 10.6. The Labute approximate surface area is 146 Å². The molecular formula is C14H22Cl3N5. The summed E-state index contributed by atoms with van der Waals surface area (Å²) in [5.41, 5.74) is 0.653. The van der Waals surface area contributed by atoms with Crippen molar-refractivity contribution in [3.05, 3.63) is 21.4 Å². The lowest BCUT2D eigenvalue weighted by Crippen LogP contribution is -2.31. The van der Waals surface area contributed by atoms with Crippen molar-refractivity contribution in [1.82, 2.24) is 15.6 Å². The van der Waals surface area contributed by atoms with Crippen molar-refractivity contribution in [1.29, 1.82) is 0 Å². The smallest absolute Gasteiger partial charge is 0.190 e. The maximum absolute atomic E-state index is 6.07. The van der Waals surface area contributed by atoms with Crippen LogP contribution in [0.2, 0.25) is 15.2 Å². The molecule has 1 aromatic heterocycles. The molecule has 0 amide bonds. The van der Waals surface area contributed by atoms with E-state index in [1.807, 2.05) is 14.1 Å². The summed E-state index contributed by atoms with van der Waals surface area (Å²) in [4.78, 5) is 8.27. The van der Waals surface area contributed by atoms with Gasteiger partial charge >= 0.3 is 0 Å². The Kier molecular flexibility index (Phi) is 9.36. The maximum Gasteiger partial charge on any atom is 0.190 e. The number of aliphatic imine (C=N–C) groups is 1. The summed E-state index contributed by atoms with van der Waals surface area (Å²) in [6.07, 6.45) is 5.84. The summed E-state index contributed by atoms with van der Waals surface area (Å²) in [5, 5.41) is 10.3. The average Bonchev–Trinajstić information content (AvgIpc) is 2.52. The average molecular weight is 367 g/mol. The van der Waals surface area contributed by atoms with Crippen molar-refractivity contribution in [2.24, 2.45) is 4.99 Å². The summed E-state index contributed by atoms with van der Waals surface area (Å²) >= 11 is 18.0. The molecule has 0 aliphatic rings. The van der Waals surface area contributed by atoms with Crippen LogP contribution in [0.1, 0.15) is 25.7 Å². The van der Waals surface area contributed by atoms with Crippen molar-refractivity contribution < 1.29 is 0 Å². The molecule has 1 rings (SSSR count). The lowest BCUT2D eigenvalue weighted by atomic mass is 10.2. The fraction of sp³-hybridized carbons (Fsp3) is 0.571. The van der Waals surface area contributed by atoms with E-state index in [-0.39, 0.29) is 5.15 Å². The molecule has 0 radical (unpaired) electrons. The molecule has 0 spiro atoms. The first-order valence-electron chi connectivity index (χ1n) is 7.23. The van der Waals surface area contributed by atoms with E-state index in [0.29, 0.717) is 15.7 Å². The number of nitrogens with zero attached hydrogens (tertiary/aromatic N) is 2. The number of aromatic nitrogens is 1. The number of halogens is 3. The molecule has 0 saturated heterocycles. The third kappa shape index (κ3) is 6.46. The third-order valence-electron chi connectivity index (χ3n) is 3.06. The van der Waals surface area contributed by atoms with Gasteiger partial charge in [-0.25, -0.2) is 4.98 Å². The third-order valence-corrected chi connectivity index (χ3v) is 4.10. The molecule has 1 aromatic rings. The van der Waals surface area contributed by atoms with Crippen molar-refractivity contribution in [3.63, 3.8) is 0 Å². The Balaban J connectivity index is 2.19. The van der Waals surface area contributed by atoms with Crippen LogP contribution >= 0.6 is 34.8 Å². The lowest BCUT2D eigenvalue weighted by Gasteiger charge is -2.10. The Hall–Kier alpha value is -0.910. The second kappa shape index (κ2) is 10.8. The summed E-state index contributed by atoms with van der Waals surface area (Å²) < 4.78 is 0. The summed E-state index contributed by atoms with van der Waals surface area (Å²) in [6, 6.07) is 0. The monoisotopic (exact) mass is 365 g/mol. The first-order valence-corrected chi connectivity index (χ1v) is 8.36. The quantitative estimate of drug-likeness (QED) is 0.283. The molecule has 22 heavy (non-hydrogen) atoms. The van der Waals surface area contributed by atoms with Gasteiger partial charge in [-0.05, 0) is 12.8 Å². The molecule has 124 valence electrons. The molecule has 0 saturated carbocycles. The van der Waals surface area contributed by atoms with Gasteiger partial charge in [0, 0.05) is 33.4 Å². The van der Waals surface area contributed by atoms with Crippen LogP contribution < -0.4 is 16.0 Å². The molecule has 0 aliphatic carbocycles. The lowest BCUT2D eigenvalue weighted by molar-refractivity contribution is 0.660. The van der Waals surface area contributed by atoms with Crippen LogP contribution in [0.5, 0.6) is 0 Å². The van der Waals surface area contributed by atoms with Gasteiger partial charge < -0.3 is 16.0 Å². The molecular weight excluding hydrogens is 345 g/mol. The summed E-state index contributed by atoms with van der Waals surface area (Å²) in [5.74, 6) is 0.820. The number of pyridine rings is 1. The van der Waals surface area contributed by atoms with E-state index in [9.17, 15) is 0 Å². The second-order valence-electron chi connectivity index (χ2n) is 4.66. The topological polar surface area (TPSA) is 61.3 Å². The van der Waals surface area contributed by atoms with Gasteiger partial charge in [0.05, 0.1) is 10.7 Å². The van der Waals surface area contributed by atoms with E-state index >= 15 is 0 Å². The van der Waals surface area contributed by atoms with Gasteiger partial charge in [0.25, 0.3) is 0 Å². The largest absolute Gasteiger partial charge is 0.382 e. The van der Waals surface area contributed by atoms with Crippen LogP contribution in [-0.4, -0.2) is 38.1 Å². The SMILES string of the molecule is CNC(=NCCCCCCNc1c(Cl)cnc(Cl)c1Cl)NC. The van der Waals surface area contributed by atoms with E-state index in [1.54, 1.807) is 0 Å². The van der Waals surface area contributed by atoms with Gasteiger partial charge in [0.15, 0.2) is 5.96 Å². The van der Waals surface area contributed by atoms with Crippen LogP contribution in [-0.2, 0) is 0 Å². The molecule has 0 aromatic carbocycles. The number of nitrogens with one attached hydrogen (secondary N) is 3. The molecule has 1 heterocycles. The van der Waals surface area contributed by atoms with Crippen LogP contribution in [0.3, 0.4) is 0 Å². The van der Waals surface area contributed by atoms with Gasteiger partial charge in [0.2, 0.25) is 0 Å². The molecule has 0 unspecified atom stereocenters. The van der Waals surface area contributed by atoms with Gasteiger partial charge in [-0.2, -0.15) is 0 Å². The highest BCUT2D eigenvalue weighted by Crippen LogP contribution is 2.34. The number of hydrogen-bond donors (Lipinski definition) is 3. The molecule has 0 aliphatic heterocycles. The summed E-state index contributed by atoms with van der Waals surface area (Å²) in [7, 11) is 3.70. The predicted octanol–water partition coefficient (Wildman–Crippen LogP) is 3.81. The minimum absolute atomic E-state index is 0.260. The van der Waals surface area contributed by atoms with Crippen molar-refractivity contribution >= 4 is 46.4 Å². The normalized spacial score (nSPS) is 10.2. The van der Waals surface area contributed by atoms with E-state index < -0.39 is 0 Å². The number of rotatable bonds is 8. The van der Waals surface area contributed by atoms with E-state index in [0.717, 1.165) is 44.7 Å². The predicted molar refractivity (Wildman–Crippen MR) is 96.6 cm³/mol. The van der Waals surface area contributed by atoms with Crippen LogP contribution in [0.4, 0.5) is 5.69 Å². The van der Waals surface area contributed by atoms with E-state index in [1.165, 1.54) is 6.20 Å². The Bertz CT molecular complexity index is 488. The number of hydrogen-bond acceptors (Lipinski definition) is 3. The molecule has 5 nitrogen and oxygen atoms in total. The highest BCUT2D eigenvalue weighted by atomic mass is 35.5. The summed E-state index contributed by atoms with van der Waals surface area (Å²) in [6.45, 7) is 1.61. The van der Waals surface area contributed by atoms with Crippen LogP contribution in [0.25, 0.3) is 0 Å². The zero-order valence-electron chi connectivity index (χ0n) is 12.8. The standard InChI is InChI=1S/C14H22Cl3N5/c1-18-14(19-2)21-8-6-4-3-5-7-20-12-10(15)9-22-13(17)11(12)16/h9H,3-8H2,1-2H3,(H,20,22)(H2,18,19,21).